The highest BCUT2D eigenvalue weighted by Gasteiger charge is 2.28. The summed E-state index contributed by atoms with van der Waals surface area (Å²) < 4.78 is 18.7. The van der Waals surface area contributed by atoms with E-state index < -0.39 is 24.2 Å². The van der Waals surface area contributed by atoms with Gasteiger partial charge in [0, 0.05) is 93.7 Å². The van der Waals surface area contributed by atoms with Crippen LogP contribution in [0, 0.1) is 5.92 Å². The fourth-order valence-corrected chi connectivity index (χ4v) is 8.30. The smallest absolute Gasteiger partial charge is 0.407 e. The SMILES string of the molecule is CCCN(CCCNC(=O)OC(C)(C)C)C(=O)C1=Cc2ccc(-c3cccc(SN4CC(CNC(O)CCOCCOCCNC(=O)CCN5C(=O)C=CC5O)C4)c3)cc2N=C(N)C1. The Morgan fingerprint density at radius 3 is 2.52 bits per heavy atom. The molecule has 350 valence electrons. The Labute approximate surface area is 380 Å². The van der Waals surface area contributed by atoms with Crippen molar-refractivity contribution >= 4 is 53.4 Å². The van der Waals surface area contributed by atoms with E-state index in [0.29, 0.717) is 95.0 Å². The fraction of sp³-hybridized carbons (Fsp3) is 0.543. The Balaban J connectivity index is 0.969. The van der Waals surface area contributed by atoms with Crippen molar-refractivity contribution in [2.45, 2.75) is 82.8 Å². The van der Waals surface area contributed by atoms with Crippen LogP contribution in [0.3, 0.4) is 0 Å². The van der Waals surface area contributed by atoms with Gasteiger partial charge in [-0.25, -0.2) is 14.1 Å². The van der Waals surface area contributed by atoms with Gasteiger partial charge >= 0.3 is 6.09 Å². The van der Waals surface area contributed by atoms with Crippen molar-refractivity contribution < 1.29 is 43.6 Å². The molecular weight excluding hydrogens is 841 g/mol. The van der Waals surface area contributed by atoms with Gasteiger partial charge in [0.15, 0.2) is 0 Å². The highest BCUT2D eigenvalue weighted by Crippen LogP contribution is 2.35. The molecule has 3 aliphatic rings. The summed E-state index contributed by atoms with van der Waals surface area (Å²) in [6.45, 7) is 13.3. The first-order chi connectivity index (χ1) is 30.7. The third-order valence-electron chi connectivity index (χ3n) is 10.4. The molecule has 0 saturated carbocycles. The van der Waals surface area contributed by atoms with E-state index in [1.165, 1.54) is 17.1 Å². The molecule has 3 heterocycles. The van der Waals surface area contributed by atoms with Crippen LogP contribution in [0.15, 0.2) is 70.1 Å². The van der Waals surface area contributed by atoms with Gasteiger partial charge in [0.05, 0.1) is 32.1 Å². The first kappa shape index (κ1) is 50.2. The highest BCUT2D eigenvalue weighted by molar-refractivity contribution is 7.97. The summed E-state index contributed by atoms with van der Waals surface area (Å²) in [5.41, 5.74) is 9.97. The van der Waals surface area contributed by atoms with E-state index >= 15 is 0 Å². The van der Waals surface area contributed by atoms with E-state index in [4.69, 9.17) is 24.9 Å². The van der Waals surface area contributed by atoms with Gasteiger partial charge in [0.1, 0.15) is 23.9 Å². The first-order valence-corrected chi connectivity index (χ1v) is 22.9. The number of aliphatic imine (C=N–C) groups is 1. The number of alkyl carbamates (subject to hydrolysis) is 1. The van der Waals surface area contributed by atoms with Crippen molar-refractivity contribution in [3.05, 3.63) is 65.8 Å². The standard InChI is InChI=1S/C46H66N8O9S/c1-5-18-52(19-7-16-49-45(60)63-46(2,3)4)44(59)36-25-35-11-10-34(27-38(35)51-39(47)28-36)33-8-6-9-37(26-33)64-53-30-32(31-53)29-50-41(56)15-21-61-23-24-62-22-17-48-40(55)14-20-54-42(57)12-13-43(54)58/h6,8-13,25-27,32,41-42,50,56-57H,5,7,14-24,28-31H2,1-4H3,(H2,47,51)(H,48,55)(H,49,60). The molecule has 0 spiro atoms. The van der Waals surface area contributed by atoms with Crippen LogP contribution in [-0.4, -0.2) is 151 Å². The molecule has 4 amide bonds. The number of aliphatic hydroxyl groups is 2. The number of aliphatic hydroxyl groups excluding tert-OH is 2. The number of amidine groups is 1. The second-order valence-corrected chi connectivity index (χ2v) is 18.1. The monoisotopic (exact) mass is 906 g/mol. The Morgan fingerprint density at radius 1 is 1.02 bits per heavy atom. The van der Waals surface area contributed by atoms with Crippen LogP contribution in [0.1, 0.15) is 65.4 Å². The van der Waals surface area contributed by atoms with Gasteiger partial charge < -0.3 is 50.6 Å². The van der Waals surface area contributed by atoms with Crippen LogP contribution in [-0.2, 0) is 28.6 Å². The molecule has 7 N–H and O–H groups in total. The lowest BCUT2D eigenvalue weighted by molar-refractivity contribution is -0.132. The van der Waals surface area contributed by atoms with Crippen molar-refractivity contribution in [1.82, 2.24) is 30.1 Å². The zero-order chi connectivity index (χ0) is 46.1. The maximum absolute atomic E-state index is 13.8. The first-order valence-electron chi connectivity index (χ1n) is 22.1. The molecule has 2 atom stereocenters. The summed E-state index contributed by atoms with van der Waals surface area (Å²) in [7, 11) is 0. The number of rotatable bonds is 25. The van der Waals surface area contributed by atoms with Gasteiger partial charge in [0.2, 0.25) is 17.7 Å². The van der Waals surface area contributed by atoms with E-state index in [1.54, 1.807) is 11.9 Å². The summed E-state index contributed by atoms with van der Waals surface area (Å²) in [6.07, 6.45) is 4.61. The molecule has 2 aromatic rings. The minimum atomic E-state index is -0.977. The molecular formula is C46H66N8O9S. The largest absolute Gasteiger partial charge is 0.444 e. The number of carbonyl (C=O) groups excluding carboxylic acids is 4. The summed E-state index contributed by atoms with van der Waals surface area (Å²) in [5, 5.41) is 28.8. The zero-order valence-corrected chi connectivity index (χ0v) is 38.4. The van der Waals surface area contributed by atoms with Crippen molar-refractivity contribution in [2.24, 2.45) is 16.6 Å². The molecule has 17 nitrogen and oxygen atoms in total. The maximum atomic E-state index is 13.8. The number of hydrogen-bond donors (Lipinski definition) is 6. The van der Waals surface area contributed by atoms with Gasteiger partial charge in [-0.1, -0.05) is 31.2 Å². The van der Waals surface area contributed by atoms with Crippen LogP contribution in [0.25, 0.3) is 17.2 Å². The molecule has 2 aromatic carbocycles. The summed E-state index contributed by atoms with van der Waals surface area (Å²) in [6, 6.07) is 14.4. The van der Waals surface area contributed by atoms with Gasteiger partial charge in [-0.15, -0.1) is 0 Å². The van der Waals surface area contributed by atoms with E-state index in [9.17, 15) is 29.4 Å². The highest BCUT2D eigenvalue weighted by atomic mass is 32.2. The van der Waals surface area contributed by atoms with E-state index in [2.05, 4.69) is 38.5 Å². The van der Waals surface area contributed by atoms with E-state index in [0.717, 1.165) is 41.1 Å². The van der Waals surface area contributed by atoms with E-state index in [-0.39, 0.29) is 37.1 Å². The number of hydrogen-bond acceptors (Lipinski definition) is 14. The van der Waals surface area contributed by atoms with Crippen molar-refractivity contribution in [2.75, 3.05) is 78.8 Å². The van der Waals surface area contributed by atoms with Crippen LogP contribution in [0.5, 0.6) is 0 Å². The van der Waals surface area contributed by atoms with Gasteiger partial charge in [0.25, 0.3) is 0 Å². The minimum Gasteiger partial charge on any atom is -0.444 e. The molecule has 18 heteroatoms. The molecule has 0 bridgehead atoms. The van der Waals surface area contributed by atoms with Crippen molar-refractivity contribution in [3.63, 3.8) is 0 Å². The summed E-state index contributed by atoms with van der Waals surface area (Å²) >= 11 is 1.71. The molecule has 0 radical (unpaired) electrons. The van der Waals surface area contributed by atoms with E-state index in [1.807, 2.05) is 62.9 Å². The van der Waals surface area contributed by atoms with Gasteiger partial charge in [-0.05, 0) is 93.0 Å². The molecule has 1 fully saturated rings. The van der Waals surface area contributed by atoms with Gasteiger partial charge in [-0.2, -0.15) is 0 Å². The predicted octanol–water partition coefficient (Wildman–Crippen LogP) is 3.78. The molecule has 2 unspecified atom stereocenters. The number of nitrogens with one attached hydrogen (secondary N) is 3. The number of benzene rings is 2. The minimum absolute atomic E-state index is 0.0884. The maximum Gasteiger partial charge on any atom is 0.407 e. The lowest BCUT2D eigenvalue weighted by Gasteiger charge is -2.38. The average Bonchev–Trinajstić information content (AvgIpc) is 3.45. The average molecular weight is 907 g/mol. The lowest BCUT2D eigenvalue weighted by atomic mass is 10.0. The molecule has 0 aromatic heterocycles. The van der Waals surface area contributed by atoms with Crippen LogP contribution >= 0.6 is 11.9 Å². The number of carbonyl (C=O) groups is 4. The van der Waals surface area contributed by atoms with Crippen molar-refractivity contribution in [1.29, 1.82) is 0 Å². The Bertz CT molecular complexity index is 1980. The molecule has 5 rings (SSSR count). The quantitative estimate of drug-likeness (QED) is 0.0476. The fourth-order valence-electron chi connectivity index (χ4n) is 7.11. The number of nitrogens with zero attached hydrogens (tertiary/aromatic N) is 4. The topological polar surface area (TPSA) is 221 Å². The Hall–Kier alpha value is -4.82. The Kier molecular flexibility index (Phi) is 19.6. The lowest BCUT2D eigenvalue weighted by Crippen LogP contribution is -2.48. The number of amides is 4. The Morgan fingerprint density at radius 2 is 1.78 bits per heavy atom. The normalized spacial score (nSPS) is 16.9. The third kappa shape index (κ3) is 16.6. The van der Waals surface area contributed by atoms with Crippen LogP contribution < -0.4 is 21.7 Å². The molecule has 1 saturated heterocycles. The number of fused-ring (bicyclic) bond motifs is 1. The van der Waals surface area contributed by atoms with Gasteiger partial charge in [-0.3, -0.25) is 19.7 Å². The molecule has 64 heavy (non-hydrogen) atoms. The molecule has 3 aliphatic heterocycles. The predicted molar refractivity (Wildman–Crippen MR) is 247 cm³/mol. The zero-order valence-electron chi connectivity index (χ0n) is 37.6. The number of ether oxygens (including phenoxy) is 3. The second-order valence-electron chi connectivity index (χ2n) is 17.0. The van der Waals surface area contributed by atoms with Crippen LogP contribution in [0.4, 0.5) is 10.5 Å². The third-order valence-corrected chi connectivity index (χ3v) is 11.4. The van der Waals surface area contributed by atoms with Crippen molar-refractivity contribution in [3.8, 4) is 11.1 Å². The summed E-state index contributed by atoms with van der Waals surface area (Å²) in [4.78, 5) is 58.3. The summed E-state index contributed by atoms with van der Waals surface area (Å²) in [5.74, 6) is 0.165. The van der Waals surface area contributed by atoms with Crippen LogP contribution in [0.2, 0.25) is 0 Å². The number of nitrogens with two attached hydrogens (primary N) is 1. The molecule has 0 aliphatic carbocycles. The second kappa shape index (κ2) is 25.0.